The summed E-state index contributed by atoms with van der Waals surface area (Å²) < 4.78 is 6.38. The van der Waals surface area contributed by atoms with Crippen LogP contribution in [0.15, 0.2) is 36.4 Å². The first-order valence-electron chi connectivity index (χ1n) is 12.3. The van der Waals surface area contributed by atoms with Crippen molar-refractivity contribution in [3.05, 3.63) is 47.5 Å². The van der Waals surface area contributed by atoms with Crippen LogP contribution < -0.4 is 10.6 Å². The number of rotatable bonds is 6. The Hall–Kier alpha value is -2.67. The Labute approximate surface area is 193 Å². The number of hydrogen-bond acceptors (Lipinski definition) is 4. The van der Waals surface area contributed by atoms with Crippen LogP contribution in [0.1, 0.15) is 49.7 Å². The average molecular weight is 450 g/mol. The van der Waals surface area contributed by atoms with Crippen molar-refractivity contribution in [1.29, 1.82) is 0 Å². The Kier molecular flexibility index (Phi) is 4.87. The number of carbonyl (C=O) groups is 3. The highest BCUT2D eigenvalue weighted by Crippen LogP contribution is 2.55. The van der Waals surface area contributed by atoms with Crippen LogP contribution in [0.4, 0.5) is 0 Å². The van der Waals surface area contributed by atoms with E-state index in [1.54, 1.807) is 4.90 Å². The lowest BCUT2D eigenvalue weighted by molar-refractivity contribution is -0.142. The van der Waals surface area contributed by atoms with E-state index in [0.29, 0.717) is 6.54 Å². The monoisotopic (exact) mass is 449 g/mol. The van der Waals surface area contributed by atoms with Crippen molar-refractivity contribution in [3.63, 3.8) is 0 Å². The molecule has 2 aliphatic carbocycles. The van der Waals surface area contributed by atoms with Crippen LogP contribution >= 0.6 is 0 Å². The highest BCUT2D eigenvalue weighted by atomic mass is 16.5. The van der Waals surface area contributed by atoms with E-state index in [0.717, 1.165) is 49.7 Å². The lowest BCUT2D eigenvalue weighted by Gasteiger charge is -2.33. The fourth-order valence-corrected chi connectivity index (χ4v) is 6.20. The summed E-state index contributed by atoms with van der Waals surface area (Å²) in [5, 5.41) is 6.26. The summed E-state index contributed by atoms with van der Waals surface area (Å²) in [6.07, 6.45) is 9.42. The lowest BCUT2D eigenvalue weighted by Crippen LogP contribution is -2.55. The molecule has 3 amide bonds. The van der Waals surface area contributed by atoms with Crippen LogP contribution in [-0.2, 0) is 25.7 Å². The second kappa shape index (κ2) is 7.69. The molecule has 2 saturated heterocycles. The van der Waals surface area contributed by atoms with Gasteiger partial charge in [-0.05, 0) is 38.2 Å². The third-order valence-electron chi connectivity index (χ3n) is 8.02. The van der Waals surface area contributed by atoms with Gasteiger partial charge in [-0.15, -0.1) is 0 Å². The summed E-state index contributed by atoms with van der Waals surface area (Å²) in [6.45, 7) is 2.34. The number of ether oxygens (including phenoxy) is 1. The van der Waals surface area contributed by atoms with Gasteiger partial charge in [0.15, 0.2) is 0 Å². The highest BCUT2D eigenvalue weighted by molar-refractivity contribution is 6.00. The maximum atomic E-state index is 13.9. The molecule has 2 saturated carbocycles. The second-order valence-corrected chi connectivity index (χ2v) is 10.4. The van der Waals surface area contributed by atoms with Crippen LogP contribution in [0.3, 0.4) is 0 Å². The highest BCUT2D eigenvalue weighted by Gasteiger charge is 2.72. The lowest BCUT2D eigenvalue weighted by atomic mass is 9.74. The third-order valence-corrected chi connectivity index (χ3v) is 8.02. The minimum absolute atomic E-state index is 0.126. The number of fused-ring (bicyclic) bond motifs is 1. The van der Waals surface area contributed by atoms with Crippen molar-refractivity contribution in [2.24, 2.45) is 11.8 Å². The molecule has 1 spiro atoms. The van der Waals surface area contributed by atoms with Crippen LogP contribution in [0.5, 0.6) is 0 Å². The van der Waals surface area contributed by atoms with Gasteiger partial charge < -0.3 is 20.3 Å². The predicted molar refractivity (Wildman–Crippen MR) is 121 cm³/mol. The number of nitrogens with one attached hydrogen (secondary N) is 2. The first-order valence-corrected chi connectivity index (χ1v) is 12.3. The van der Waals surface area contributed by atoms with E-state index in [9.17, 15) is 14.4 Å². The molecule has 0 radical (unpaired) electrons. The van der Waals surface area contributed by atoms with Crippen molar-refractivity contribution in [2.45, 2.75) is 81.8 Å². The Morgan fingerprint density at radius 1 is 1.03 bits per heavy atom. The van der Waals surface area contributed by atoms with Gasteiger partial charge in [0.05, 0.1) is 17.9 Å². The van der Waals surface area contributed by atoms with Crippen molar-refractivity contribution in [3.8, 4) is 0 Å². The average Bonchev–Trinajstić information content (AvgIpc) is 3.15. The Balaban J connectivity index is 1.34. The van der Waals surface area contributed by atoms with Gasteiger partial charge in [-0.2, -0.15) is 0 Å². The molecule has 174 valence electrons. The molecule has 7 heteroatoms. The molecule has 0 aromatic heterocycles. The van der Waals surface area contributed by atoms with Gasteiger partial charge in [-0.1, -0.05) is 54.8 Å². The number of hydrogen-bond donors (Lipinski definition) is 2. The minimum Gasteiger partial charge on any atom is -0.359 e. The number of benzene rings is 1. The van der Waals surface area contributed by atoms with Crippen LogP contribution in [0.2, 0.25) is 0 Å². The molecule has 2 bridgehead atoms. The second-order valence-electron chi connectivity index (χ2n) is 10.4. The fourth-order valence-electron chi connectivity index (χ4n) is 6.20. The first kappa shape index (κ1) is 20.9. The molecule has 6 rings (SSSR count). The largest absolute Gasteiger partial charge is 0.359 e. The topological polar surface area (TPSA) is 87.7 Å². The maximum absolute atomic E-state index is 13.9. The Bertz CT molecular complexity index is 1010. The molecule has 4 fully saturated rings. The summed E-state index contributed by atoms with van der Waals surface area (Å²) in [5.41, 5.74) is 1.02. The van der Waals surface area contributed by atoms with E-state index in [-0.39, 0.29) is 29.8 Å². The molecular weight excluding hydrogens is 418 g/mol. The van der Waals surface area contributed by atoms with E-state index in [2.05, 4.69) is 10.6 Å². The van der Waals surface area contributed by atoms with Gasteiger partial charge in [0.2, 0.25) is 17.7 Å². The van der Waals surface area contributed by atoms with Crippen molar-refractivity contribution >= 4 is 17.7 Å². The SMILES string of the molecule is Cc1ccc(CN2C(=O)[C@H]3[C@@H](C(=O)NC4CC4)[C@H]4C=C[C@]3(O4)[C@H]2C(=O)NC2CCCC2)cc1. The van der Waals surface area contributed by atoms with Gasteiger partial charge in [-0.25, -0.2) is 0 Å². The molecule has 1 aromatic rings. The van der Waals surface area contributed by atoms with Crippen molar-refractivity contribution in [2.75, 3.05) is 0 Å². The summed E-state index contributed by atoms with van der Waals surface area (Å²) in [7, 11) is 0. The summed E-state index contributed by atoms with van der Waals surface area (Å²) >= 11 is 0. The molecule has 5 atom stereocenters. The van der Waals surface area contributed by atoms with Crippen molar-refractivity contribution < 1.29 is 19.1 Å². The van der Waals surface area contributed by atoms with Gasteiger partial charge in [0.25, 0.3) is 0 Å². The van der Waals surface area contributed by atoms with E-state index >= 15 is 0 Å². The molecule has 5 aliphatic rings. The number of nitrogens with zero attached hydrogens (tertiary/aromatic N) is 1. The minimum atomic E-state index is -1.08. The number of aryl methyl sites for hydroxylation is 1. The quantitative estimate of drug-likeness (QED) is 0.650. The summed E-state index contributed by atoms with van der Waals surface area (Å²) in [6, 6.07) is 7.57. The Morgan fingerprint density at radius 2 is 1.70 bits per heavy atom. The zero-order chi connectivity index (χ0) is 22.7. The number of likely N-dealkylation sites (tertiary alicyclic amines) is 1. The predicted octanol–water partition coefficient (Wildman–Crippen LogP) is 1.98. The molecule has 2 N–H and O–H groups in total. The molecule has 0 unspecified atom stereocenters. The summed E-state index contributed by atoms with van der Waals surface area (Å²) in [4.78, 5) is 42.3. The third kappa shape index (κ3) is 3.39. The van der Waals surface area contributed by atoms with Gasteiger partial charge in [0.1, 0.15) is 11.6 Å². The molecule has 3 heterocycles. The van der Waals surface area contributed by atoms with Crippen LogP contribution in [0.25, 0.3) is 0 Å². The standard InChI is InChI=1S/C26H31N3O4/c1-15-6-8-16(9-7-15)14-29-22(24(31)28-17-4-2-3-5-17)26-13-12-19(33-26)20(21(26)25(29)32)23(30)27-18-10-11-18/h6-9,12-13,17-22H,2-5,10-11,14H2,1H3,(H,27,30)(H,28,31)/t19-,20+,21-,22-,26-/m1/s1. The smallest absolute Gasteiger partial charge is 0.246 e. The van der Waals surface area contributed by atoms with E-state index in [1.807, 2.05) is 43.3 Å². The van der Waals surface area contributed by atoms with E-state index in [4.69, 9.17) is 4.74 Å². The molecule has 3 aliphatic heterocycles. The Morgan fingerprint density at radius 3 is 2.39 bits per heavy atom. The van der Waals surface area contributed by atoms with Crippen molar-refractivity contribution in [1.82, 2.24) is 15.5 Å². The molecule has 33 heavy (non-hydrogen) atoms. The van der Waals surface area contributed by atoms with E-state index < -0.39 is 29.6 Å². The van der Waals surface area contributed by atoms with Gasteiger partial charge in [-0.3, -0.25) is 14.4 Å². The van der Waals surface area contributed by atoms with Gasteiger partial charge in [0, 0.05) is 18.6 Å². The maximum Gasteiger partial charge on any atom is 0.246 e. The molecular formula is C26H31N3O4. The fraction of sp³-hybridized carbons (Fsp3) is 0.577. The number of carbonyl (C=O) groups excluding carboxylic acids is 3. The van der Waals surface area contributed by atoms with Crippen LogP contribution in [-0.4, -0.2) is 52.5 Å². The normalized spacial score (nSPS) is 34.7. The van der Waals surface area contributed by atoms with Gasteiger partial charge >= 0.3 is 0 Å². The number of amides is 3. The zero-order valence-corrected chi connectivity index (χ0v) is 19.0. The van der Waals surface area contributed by atoms with Crippen LogP contribution in [0, 0.1) is 18.8 Å². The summed E-state index contributed by atoms with van der Waals surface area (Å²) in [5.74, 6) is -1.72. The first-order chi connectivity index (χ1) is 16.0. The molecule has 7 nitrogen and oxygen atoms in total. The zero-order valence-electron chi connectivity index (χ0n) is 19.0. The molecule has 1 aromatic carbocycles. The van der Waals surface area contributed by atoms with E-state index in [1.165, 1.54) is 0 Å².